The Morgan fingerprint density at radius 1 is 0.806 bits per heavy atom. The van der Waals surface area contributed by atoms with E-state index in [1.807, 2.05) is 71.8 Å². The zero-order valence-corrected chi connectivity index (χ0v) is 17.6. The first-order chi connectivity index (χ1) is 15.0. The van der Waals surface area contributed by atoms with E-state index in [1.165, 1.54) is 0 Å². The molecule has 0 spiro atoms. The Hall–Kier alpha value is -3.78. The van der Waals surface area contributed by atoms with Crippen molar-refractivity contribution >= 4 is 27.3 Å². The van der Waals surface area contributed by atoms with E-state index in [0.29, 0.717) is 5.82 Å². The molecule has 0 bridgehead atoms. The number of anilines is 3. The minimum absolute atomic E-state index is 0.242. The van der Waals surface area contributed by atoms with E-state index < -0.39 is 10.0 Å². The largest absolute Gasteiger partial charge is 0.313 e. The molecule has 0 radical (unpaired) electrons. The first-order valence-electron chi connectivity index (χ1n) is 9.60. The molecule has 0 aliphatic rings. The molecular weight excluding hydrogens is 410 g/mol. The van der Waals surface area contributed by atoms with Crippen molar-refractivity contribution in [3.05, 3.63) is 109 Å². The van der Waals surface area contributed by atoms with Crippen LogP contribution in [0.2, 0.25) is 0 Å². The van der Waals surface area contributed by atoms with E-state index in [4.69, 9.17) is 0 Å². The highest BCUT2D eigenvalue weighted by Crippen LogP contribution is 2.38. The maximum absolute atomic E-state index is 11.7. The van der Waals surface area contributed by atoms with Gasteiger partial charge in [-0.2, -0.15) is 0 Å². The van der Waals surface area contributed by atoms with E-state index in [0.717, 1.165) is 23.1 Å². The summed E-state index contributed by atoms with van der Waals surface area (Å²) in [6, 6.07) is 22.7. The second-order valence-electron chi connectivity index (χ2n) is 6.94. The highest BCUT2D eigenvalue weighted by atomic mass is 32.2. The Morgan fingerprint density at radius 3 is 2.16 bits per heavy atom. The van der Waals surface area contributed by atoms with E-state index in [9.17, 15) is 8.42 Å². The summed E-state index contributed by atoms with van der Waals surface area (Å²) >= 11 is 0. The molecule has 1 atom stereocenters. The summed E-state index contributed by atoms with van der Waals surface area (Å²) in [5.74, 6) is 0.811. The van der Waals surface area contributed by atoms with E-state index in [2.05, 4.69) is 19.7 Å². The SMILES string of the molecule is CS(=O)(=O)Nc1cccc(N(c2cccnc2)C(c2ccccc2)c2cccnc2)n1. The summed E-state index contributed by atoms with van der Waals surface area (Å²) in [5.41, 5.74) is 2.80. The number of nitrogens with one attached hydrogen (secondary N) is 1. The molecule has 0 fully saturated rings. The molecule has 0 amide bonds. The molecule has 1 aromatic carbocycles. The zero-order chi connectivity index (χ0) is 21.7. The van der Waals surface area contributed by atoms with E-state index in [1.54, 1.807) is 30.7 Å². The van der Waals surface area contributed by atoms with Crippen LogP contribution in [0, 0.1) is 0 Å². The zero-order valence-electron chi connectivity index (χ0n) is 16.8. The van der Waals surface area contributed by atoms with E-state index in [-0.39, 0.29) is 11.9 Å². The van der Waals surface area contributed by atoms with Gasteiger partial charge in [0.25, 0.3) is 0 Å². The molecule has 0 saturated heterocycles. The van der Waals surface area contributed by atoms with Crippen LogP contribution in [0.5, 0.6) is 0 Å². The third-order valence-electron chi connectivity index (χ3n) is 4.57. The van der Waals surface area contributed by atoms with Crippen LogP contribution >= 0.6 is 0 Å². The van der Waals surface area contributed by atoms with Crippen molar-refractivity contribution in [2.24, 2.45) is 0 Å². The summed E-state index contributed by atoms with van der Waals surface area (Å²) in [5, 5.41) is 0. The van der Waals surface area contributed by atoms with Crippen molar-refractivity contribution in [1.29, 1.82) is 0 Å². The smallest absolute Gasteiger partial charge is 0.230 e. The first-order valence-corrected chi connectivity index (χ1v) is 11.5. The van der Waals surface area contributed by atoms with Crippen molar-refractivity contribution in [3.8, 4) is 0 Å². The molecule has 156 valence electrons. The van der Waals surface area contributed by atoms with Gasteiger partial charge in [0.15, 0.2) is 0 Å². The lowest BCUT2D eigenvalue weighted by Gasteiger charge is -2.33. The maximum Gasteiger partial charge on any atom is 0.230 e. The molecule has 0 aliphatic carbocycles. The van der Waals surface area contributed by atoms with Gasteiger partial charge in [-0.25, -0.2) is 13.4 Å². The molecule has 1 unspecified atom stereocenters. The molecule has 1 N–H and O–H groups in total. The van der Waals surface area contributed by atoms with Crippen LogP contribution in [0.4, 0.5) is 17.3 Å². The summed E-state index contributed by atoms with van der Waals surface area (Å²) < 4.78 is 25.9. The summed E-state index contributed by atoms with van der Waals surface area (Å²) in [7, 11) is -3.46. The average Bonchev–Trinajstić information content (AvgIpc) is 2.78. The Bertz CT molecular complexity index is 1200. The highest BCUT2D eigenvalue weighted by molar-refractivity contribution is 7.92. The highest BCUT2D eigenvalue weighted by Gasteiger charge is 2.26. The minimum Gasteiger partial charge on any atom is -0.313 e. The first kappa shape index (κ1) is 20.5. The van der Waals surface area contributed by atoms with Gasteiger partial charge in [0, 0.05) is 18.6 Å². The lowest BCUT2D eigenvalue weighted by atomic mass is 9.97. The third-order valence-corrected chi connectivity index (χ3v) is 5.15. The Balaban J connectivity index is 1.91. The minimum atomic E-state index is -3.46. The van der Waals surface area contributed by atoms with Crippen LogP contribution in [0.15, 0.2) is 97.6 Å². The van der Waals surface area contributed by atoms with Gasteiger partial charge in [0.05, 0.1) is 24.2 Å². The molecule has 0 saturated carbocycles. The van der Waals surface area contributed by atoms with Crippen molar-refractivity contribution in [2.75, 3.05) is 15.9 Å². The molecule has 3 aromatic heterocycles. The van der Waals surface area contributed by atoms with Crippen LogP contribution in [0.1, 0.15) is 17.2 Å². The quantitative estimate of drug-likeness (QED) is 0.472. The predicted molar refractivity (Wildman–Crippen MR) is 122 cm³/mol. The fourth-order valence-electron chi connectivity index (χ4n) is 3.38. The Labute approximate surface area is 181 Å². The van der Waals surface area contributed by atoms with Gasteiger partial charge in [-0.3, -0.25) is 14.7 Å². The standard InChI is InChI=1S/C23H21N5O2S/c1-31(29,30)27-21-12-5-13-22(26-21)28(20-11-7-15-25-17-20)23(18-8-3-2-4-9-18)19-10-6-14-24-16-19/h2-17,23H,1H3,(H,26,27). The maximum atomic E-state index is 11.7. The van der Waals surface area contributed by atoms with Gasteiger partial charge in [0.2, 0.25) is 10.0 Å². The van der Waals surface area contributed by atoms with Crippen LogP contribution in [0.25, 0.3) is 0 Å². The van der Waals surface area contributed by atoms with Crippen LogP contribution in [-0.4, -0.2) is 29.6 Å². The van der Waals surface area contributed by atoms with Crippen molar-refractivity contribution in [2.45, 2.75) is 6.04 Å². The van der Waals surface area contributed by atoms with Crippen LogP contribution in [0.3, 0.4) is 0 Å². The molecule has 4 aromatic rings. The number of hydrogen-bond acceptors (Lipinski definition) is 6. The number of hydrogen-bond donors (Lipinski definition) is 1. The molecule has 3 heterocycles. The van der Waals surface area contributed by atoms with Crippen LogP contribution in [-0.2, 0) is 10.0 Å². The lowest BCUT2D eigenvalue weighted by molar-refractivity contribution is 0.606. The van der Waals surface area contributed by atoms with Gasteiger partial charge in [0.1, 0.15) is 11.6 Å². The second-order valence-corrected chi connectivity index (χ2v) is 8.68. The Kier molecular flexibility index (Phi) is 5.90. The number of nitrogens with zero attached hydrogens (tertiary/aromatic N) is 4. The molecule has 7 nitrogen and oxygen atoms in total. The van der Waals surface area contributed by atoms with Gasteiger partial charge >= 0.3 is 0 Å². The number of benzene rings is 1. The van der Waals surface area contributed by atoms with E-state index >= 15 is 0 Å². The van der Waals surface area contributed by atoms with Gasteiger partial charge in [-0.1, -0.05) is 42.5 Å². The van der Waals surface area contributed by atoms with Gasteiger partial charge < -0.3 is 4.90 Å². The number of pyridine rings is 3. The van der Waals surface area contributed by atoms with Crippen molar-refractivity contribution in [3.63, 3.8) is 0 Å². The average molecular weight is 432 g/mol. The van der Waals surface area contributed by atoms with Crippen molar-refractivity contribution < 1.29 is 8.42 Å². The normalized spacial score (nSPS) is 12.2. The monoisotopic (exact) mass is 431 g/mol. The summed E-state index contributed by atoms with van der Waals surface area (Å²) in [6.07, 6.45) is 8.11. The predicted octanol–water partition coefficient (Wildman–Crippen LogP) is 4.17. The molecular formula is C23H21N5O2S. The fraction of sp³-hybridized carbons (Fsp3) is 0.0870. The molecule has 8 heteroatoms. The lowest BCUT2D eigenvalue weighted by Crippen LogP contribution is -2.26. The van der Waals surface area contributed by atoms with Crippen LogP contribution < -0.4 is 9.62 Å². The topological polar surface area (TPSA) is 88.1 Å². The fourth-order valence-corrected chi connectivity index (χ4v) is 3.87. The number of aromatic nitrogens is 3. The molecule has 4 rings (SSSR count). The summed E-state index contributed by atoms with van der Waals surface area (Å²) in [6.45, 7) is 0. The number of rotatable bonds is 7. The third kappa shape index (κ3) is 5.04. The Morgan fingerprint density at radius 2 is 1.52 bits per heavy atom. The van der Waals surface area contributed by atoms with Gasteiger partial charge in [-0.15, -0.1) is 0 Å². The van der Waals surface area contributed by atoms with Crippen molar-refractivity contribution in [1.82, 2.24) is 15.0 Å². The molecule has 31 heavy (non-hydrogen) atoms. The second kappa shape index (κ2) is 8.93. The van der Waals surface area contributed by atoms with Gasteiger partial charge in [-0.05, 0) is 41.5 Å². The molecule has 0 aliphatic heterocycles. The number of sulfonamides is 1. The summed E-state index contributed by atoms with van der Waals surface area (Å²) in [4.78, 5) is 15.2.